The Morgan fingerprint density at radius 1 is 1.52 bits per heavy atom. The number of carbonyl (C=O) groups is 2. The monoisotopic (exact) mass is 315 g/mol. The molecule has 1 unspecified atom stereocenters. The van der Waals surface area contributed by atoms with E-state index in [0.29, 0.717) is 0 Å². The summed E-state index contributed by atoms with van der Waals surface area (Å²) in [5.74, 6) is -2.27. The first kappa shape index (κ1) is 16.5. The summed E-state index contributed by atoms with van der Waals surface area (Å²) in [5, 5.41) is 15.4. The van der Waals surface area contributed by atoms with Crippen LogP contribution in [0.3, 0.4) is 0 Å². The Balaban J connectivity index is 2.99. The summed E-state index contributed by atoms with van der Waals surface area (Å²) < 4.78 is 4.50. The third-order valence-electron chi connectivity index (χ3n) is 2.28. The van der Waals surface area contributed by atoms with Gasteiger partial charge in [-0.1, -0.05) is 11.6 Å². The maximum absolute atomic E-state index is 11.8. The molecule has 0 radical (unpaired) electrons. The van der Waals surface area contributed by atoms with E-state index in [0.717, 1.165) is 6.07 Å². The second-order valence-corrected chi connectivity index (χ2v) is 4.10. The van der Waals surface area contributed by atoms with Crippen LogP contribution < -0.4 is 5.32 Å². The molecule has 1 N–H and O–H groups in total. The van der Waals surface area contributed by atoms with Gasteiger partial charge in [0.05, 0.1) is 11.5 Å². The van der Waals surface area contributed by atoms with E-state index < -0.39 is 28.5 Å². The van der Waals surface area contributed by atoms with Gasteiger partial charge in [-0.2, -0.15) is 0 Å². The normalized spacial score (nSPS) is 11.3. The van der Waals surface area contributed by atoms with Crippen LogP contribution in [0.1, 0.15) is 6.92 Å². The fourth-order valence-electron chi connectivity index (χ4n) is 1.38. The Morgan fingerprint density at radius 2 is 2.19 bits per heavy atom. The molecule has 0 heterocycles. The lowest BCUT2D eigenvalue weighted by molar-refractivity contribution is -0.383. The van der Waals surface area contributed by atoms with E-state index in [-0.39, 0.29) is 17.3 Å². The maximum atomic E-state index is 11.8. The zero-order valence-corrected chi connectivity index (χ0v) is 11.5. The largest absolute Gasteiger partial charge is 0.464 e. The molecule has 0 saturated heterocycles. The summed E-state index contributed by atoms with van der Waals surface area (Å²) >= 11 is 5.62. The maximum Gasteiger partial charge on any atom is 0.344 e. The van der Waals surface area contributed by atoms with Crippen molar-refractivity contribution < 1.29 is 19.2 Å². The minimum Gasteiger partial charge on any atom is -0.464 e. The molecule has 0 aliphatic heterocycles. The van der Waals surface area contributed by atoms with Crippen LogP contribution in [0.15, 0.2) is 23.4 Å². The average molecular weight is 316 g/mol. The van der Waals surface area contributed by atoms with E-state index in [2.05, 4.69) is 15.2 Å². The summed E-state index contributed by atoms with van der Waals surface area (Å²) in [7, 11) is 0. The molecule has 0 bridgehead atoms. The van der Waals surface area contributed by atoms with Gasteiger partial charge in [0.1, 0.15) is 5.69 Å². The highest BCUT2D eigenvalue weighted by atomic mass is 35.5. The van der Waals surface area contributed by atoms with Crippen LogP contribution in [-0.4, -0.2) is 29.4 Å². The van der Waals surface area contributed by atoms with Gasteiger partial charge in [0.25, 0.3) is 17.6 Å². The van der Waals surface area contributed by atoms with Gasteiger partial charge in [-0.3, -0.25) is 14.9 Å². The smallest absolute Gasteiger partial charge is 0.344 e. The zero-order chi connectivity index (χ0) is 16.0. The lowest BCUT2D eigenvalue weighted by Crippen LogP contribution is -2.34. The van der Waals surface area contributed by atoms with E-state index in [9.17, 15) is 24.6 Å². The van der Waals surface area contributed by atoms with Crippen molar-refractivity contribution in [2.75, 3.05) is 11.9 Å². The van der Waals surface area contributed by atoms with E-state index in [1.54, 1.807) is 0 Å². The second kappa shape index (κ2) is 7.29. The number of nitrogens with one attached hydrogen (secondary N) is 1. The topological polar surface area (TPSA) is 128 Å². The van der Waals surface area contributed by atoms with Crippen molar-refractivity contribution in [1.29, 1.82) is 0 Å². The van der Waals surface area contributed by atoms with Crippen LogP contribution in [0.2, 0.25) is 5.02 Å². The molecular weight excluding hydrogens is 306 g/mol. The predicted molar refractivity (Wildman–Crippen MR) is 73.0 cm³/mol. The standard InChI is InChI=1S/C11H10ClN3O6/c1-2-21-11(17)9(14-18)10(16)13-7-4-3-6(12)5-8(7)15(19)20/h3-5,9H,2H2,1H3,(H,13,16). The Kier molecular flexibility index (Phi) is 5.73. The molecule has 1 aromatic carbocycles. The molecule has 1 amide bonds. The van der Waals surface area contributed by atoms with Crippen molar-refractivity contribution >= 4 is 34.9 Å². The van der Waals surface area contributed by atoms with E-state index in [1.807, 2.05) is 0 Å². The van der Waals surface area contributed by atoms with Crippen LogP contribution in [0.25, 0.3) is 0 Å². The van der Waals surface area contributed by atoms with E-state index in [1.165, 1.54) is 19.1 Å². The van der Waals surface area contributed by atoms with Gasteiger partial charge in [0.15, 0.2) is 0 Å². The number of carbonyl (C=O) groups excluding carboxylic acids is 2. The summed E-state index contributed by atoms with van der Waals surface area (Å²) in [6.45, 7) is 1.45. The number of anilines is 1. The number of benzene rings is 1. The summed E-state index contributed by atoms with van der Waals surface area (Å²) in [5.41, 5.74) is -0.697. The molecule has 0 aliphatic carbocycles. The van der Waals surface area contributed by atoms with E-state index >= 15 is 0 Å². The van der Waals surface area contributed by atoms with Crippen molar-refractivity contribution in [3.63, 3.8) is 0 Å². The fraction of sp³-hybridized carbons (Fsp3) is 0.273. The fourth-order valence-corrected chi connectivity index (χ4v) is 1.55. The number of ether oxygens (including phenoxy) is 1. The highest BCUT2D eigenvalue weighted by Crippen LogP contribution is 2.27. The van der Waals surface area contributed by atoms with Gasteiger partial charge in [-0.25, -0.2) is 4.79 Å². The minimum absolute atomic E-state index is 0.0424. The minimum atomic E-state index is -1.94. The predicted octanol–water partition coefficient (Wildman–Crippen LogP) is 1.88. The first-order valence-corrected chi connectivity index (χ1v) is 6.02. The average Bonchev–Trinajstić information content (AvgIpc) is 2.41. The number of esters is 1. The van der Waals surface area contributed by atoms with Gasteiger partial charge >= 0.3 is 5.97 Å². The molecule has 0 spiro atoms. The van der Waals surface area contributed by atoms with Crippen molar-refractivity contribution in [2.45, 2.75) is 13.0 Å². The van der Waals surface area contributed by atoms with Gasteiger partial charge in [0.2, 0.25) is 0 Å². The highest BCUT2D eigenvalue weighted by Gasteiger charge is 2.30. The van der Waals surface area contributed by atoms with Crippen molar-refractivity contribution in [1.82, 2.24) is 0 Å². The number of nitro groups is 1. The Morgan fingerprint density at radius 3 is 2.71 bits per heavy atom. The second-order valence-electron chi connectivity index (χ2n) is 3.67. The van der Waals surface area contributed by atoms with Gasteiger partial charge in [-0.15, -0.1) is 4.91 Å². The molecule has 1 atom stereocenters. The first-order valence-electron chi connectivity index (χ1n) is 5.64. The summed E-state index contributed by atoms with van der Waals surface area (Å²) in [4.78, 5) is 43.7. The molecule has 112 valence electrons. The van der Waals surface area contributed by atoms with Crippen LogP contribution >= 0.6 is 11.6 Å². The number of nitro benzene ring substituents is 1. The Hall–Kier alpha value is -2.55. The number of halogens is 1. The number of hydrogen-bond acceptors (Lipinski definition) is 7. The molecule has 0 saturated carbocycles. The van der Waals surface area contributed by atoms with Crippen molar-refractivity contribution in [3.05, 3.63) is 38.2 Å². The lowest BCUT2D eigenvalue weighted by atomic mass is 10.2. The lowest BCUT2D eigenvalue weighted by Gasteiger charge is -2.09. The number of rotatable bonds is 6. The molecule has 1 rings (SSSR count). The molecule has 21 heavy (non-hydrogen) atoms. The molecule has 1 aromatic rings. The molecule has 10 heteroatoms. The van der Waals surface area contributed by atoms with Crippen LogP contribution in [0, 0.1) is 15.0 Å². The van der Waals surface area contributed by atoms with Crippen LogP contribution in [0.4, 0.5) is 11.4 Å². The molecule has 0 aromatic heterocycles. The SMILES string of the molecule is CCOC(=O)C(N=O)C(=O)Nc1ccc(Cl)cc1[N+](=O)[O-]. The summed E-state index contributed by atoms with van der Waals surface area (Å²) in [6, 6.07) is 1.55. The molecule has 0 aliphatic rings. The van der Waals surface area contributed by atoms with Gasteiger partial charge in [0, 0.05) is 11.1 Å². The molecular formula is C11H10ClN3O6. The summed E-state index contributed by atoms with van der Waals surface area (Å²) in [6.07, 6.45) is 0. The number of hydrogen-bond donors (Lipinski definition) is 1. The van der Waals surface area contributed by atoms with E-state index in [4.69, 9.17) is 11.6 Å². The highest BCUT2D eigenvalue weighted by molar-refractivity contribution is 6.31. The molecule has 9 nitrogen and oxygen atoms in total. The third-order valence-corrected chi connectivity index (χ3v) is 2.51. The quantitative estimate of drug-likeness (QED) is 0.280. The number of nitroso groups, excluding NO2 is 1. The third kappa shape index (κ3) is 4.21. The molecule has 0 fully saturated rings. The number of amides is 1. The van der Waals surface area contributed by atoms with Crippen LogP contribution in [0.5, 0.6) is 0 Å². The van der Waals surface area contributed by atoms with Gasteiger partial charge in [-0.05, 0) is 24.2 Å². The van der Waals surface area contributed by atoms with Crippen molar-refractivity contribution in [3.8, 4) is 0 Å². The van der Waals surface area contributed by atoms with Crippen molar-refractivity contribution in [2.24, 2.45) is 5.18 Å². The van der Waals surface area contributed by atoms with Crippen LogP contribution in [-0.2, 0) is 14.3 Å². The number of nitrogens with zero attached hydrogens (tertiary/aromatic N) is 2. The first-order chi connectivity index (χ1) is 9.90. The zero-order valence-electron chi connectivity index (χ0n) is 10.7. The van der Waals surface area contributed by atoms with Gasteiger partial charge < -0.3 is 10.1 Å². The Bertz CT molecular complexity index is 591. The Labute approximate surface area is 123 Å².